The highest BCUT2D eigenvalue weighted by Gasteiger charge is 2.52. The number of rotatable bonds is 6. The van der Waals surface area contributed by atoms with E-state index >= 15 is 0 Å². The lowest BCUT2D eigenvalue weighted by molar-refractivity contribution is -0.117. The van der Waals surface area contributed by atoms with E-state index < -0.39 is 43.9 Å². The molecule has 1 aliphatic carbocycles. The van der Waals surface area contributed by atoms with Gasteiger partial charge < -0.3 is 0 Å². The van der Waals surface area contributed by atoms with E-state index in [-0.39, 0.29) is 25.8 Å². The molecule has 3 rings (SSSR count). The third-order valence-corrected chi connectivity index (χ3v) is 6.68. The first kappa shape index (κ1) is 16.4. The van der Waals surface area contributed by atoms with Crippen LogP contribution in [0.2, 0.25) is 0 Å². The lowest BCUT2D eigenvalue weighted by atomic mass is 10.1. The maximum Gasteiger partial charge on any atom is 0.418 e. The molecule has 0 aromatic rings. The van der Waals surface area contributed by atoms with Gasteiger partial charge in [-0.2, -0.15) is 13.5 Å². The Morgan fingerprint density at radius 3 is 2.35 bits per heavy atom. The quantitative estimate of drug-likeness (QED) is 0.459. The SMILES string of the molecule is O=CN([C@H]1CC[C@@H]2CN1C(=O)N2OS(=O)(=O)O)S(=O)(=O)C1CC1. The predicted octanol–water partition coefficient (Wildman–Crippen LogP) is -1.10. The third-order valence-electron chi connectivity index (χ3n) is 4.10. The number of fused-ring (bicyclic) bond motifs is 2. The number of carbonyl (C=O) groups is 2. The highest BCUT2D eigenvalue weighted by molar-refractivity contribution is 7.90. The number of hydroxylamine groups is 2. The van der Waals surface area contributed by atoms with E-state index in [2.05, 4.69) is 4.28 Å². The van der Waals surface area contributed by atoms with Crippen LogP contribution < -0.4 is 0 Å². The first-order chi connectivity index (χ1) is 10.6. The number of carbonyl (C=O) groups excluding carboxylic acids is 2. The minimum Gasteiger partial charge on any atom is -0.299 e. The van der Waals surface area contributed by atoms with Crippen molar-refractivity contribution in [3.8, 4) is 0 Å². The number of piperidine rings is 1. The molecule has 0 unspecified atom stereocenters. The van der Waals surface area contributed by atoms with Gasteiger partial charge in [0.2, 0.25) is 16.4 Å². The topological polar surface area (TPSA) is 142 Å². The number of hydrogen-bond acceptors (Lipinski definition) is 7. The van der Waals surface area contributed by atoms with Gasteiger partial charge in [0.25, 0.3) is 0 Å². The van der Waals surface area contributed by atoms with Gasteiger partial charge in [0.05, 0.1) is 11.3 Å². The molecule has 0 spiro atoms. The molecule has 3 aliphatic rings. The average Bonchev–Trinajstić information content (AvgIpc) is 3.26. The Bertz CT molecular complexity index is 731. The van der Waals surface area contributed by atoms with Crippen LogP contribution in [-0.2, 0) is 29.5 Å². The maximum atomic E-state index is 12.3. The molecule has 11 nitrogen and oxygen atoms in total. The fourth-order valence-corrected chi connectivity index (χ4v) is 5.06. The van der Waals surface area contributed by atoms with Crippen molar-refractivity contribution in [3.05, 3.63) is 0 Å². The molecule has 2 atom stereocenters. The summed E-state index contributed by atoms with van der Waals surface area (Å²) in [5.74, 6) is 0. The zero-order valence-electron chi connectivity index (χ0n) is 11.8. The maximum absolute atomic E-state index is 12.3. The number of urea groups is 1. The summed E-state index contributed by atoms with van der Waals surface area (Å²) in [6.45, 7) is 0.00352. The molecule has 2 bridgehead atoms. The average molecular weight is 369 g/mol. The summed E-state index contributed by atoms with van der Waals surface area (Å²) in [6.07, 6.45) is 0.483. The van der Waals surface area contributed by atoms with E-state index in [0.717, 1.165) is 4.90 Å². The highest BCUT2D eigenvalue weighted by atomic mass is 32.3. The first-order valence-electron chi connectivity index (χ1n) is 6.89. The lowest BCUT2D eigenvalue weighted by Crippen LogP contribution is -2.53. The van der Waals surface area contributed by atoms with Crippen LogP contribution in [0.25, 0.3) is 0 Å². The van der Waals surface area contributed by atoms with Crippen molar-refractivity contribution >= 4 is 32.9 Å². The Kier molecular flexibility index (Phi) is 3.78. The van der Waals surface area contributed by atoms with Gasteiger partial charge in [0.15, 0.2) is 0 Å². The molecule has 0 aromatic heterocycles. The lowest BCUT2D eigenvalue weighted by Gasteiger charge is -2.36. The van der Waals surface area contributed by atoms with Gasteiger partial charge in [-0.05, 0) is 25.7 Å². The van der Waals surface area contributed by atoms with Crippen LogP contribution >= 0.6 is 0 Å². The van der Waals surface area contributed by atoms with E-state index in [1.807, 2.05) is 0 Å². The molecular weight excluding hydrogens is 354 g/mol. The van der Waals surface area contributed by atoms with Crippen molar-refractivity contribution in [1.29, 1.82) is 0 Å². The van der Waals surface area contributed by atoms with Gasteiger partial charge >= 0.3 is 16.4 Å². The summed E-state index contributed by atoms with van der Waals surface area (Å²) in [5, 5.41) is -0.115. The molecule has 130 valence electrons. The summed E-state index contributed by atoms with van der Waals surface area (Å²) in [5.41, 5.74) is 0. The second-order valence-corrected chi connectivity index (χ2v) is 8.78. The molecule has 2 aliphatic heterocycles. The third kappa shape index (κ3) is 2.88. The normalized spacial score (nSPS) is 28.1. The second kappa shape index (κ2) is 5.29. The van der Waals surface area contributed by atoms with Crippen LogP contribution in [0.1, 0.15) is 25.7 Å². The van der Waals surface area contributed by atoms with E-state index in [4.69, 9.17) is 4.55 Å². The summed E-state index contributed by atoms with van der Waals surface area (Å²) >= 11 is 0. The number of amides is 3. The van der Waals surface area contributed by atoms with E-state index in [9.17, 15) is 26.4 Å². The Hall–Kier alpha value is -1.44. The summed E-state index contributed by atoms with van der Waals surface area (Å²) < 4.78 is 59.8. The Balaban J connectivity index is 1.84. The van der Waals surface area contributed by atoms with Crippen molar-refractivity contribution in [2.45, 2.75) is 43.1 Å². The van der Waals surface area contributed by atoms with E-state index in [0.29, 0.717) is 22.2 Å². The van der Waals surface area contributed by atoms with Crippen molar-refractivity contribution in [1.82, 2.24) is 14.3 Å². The van der Waals surface area contributed by atoms with Crippen LogP contribution in [0, 0.1) is 0 Å². The molecule has 1 saturated carbocycles. The van der Waals surface area contributed by atoms with Gasteiger partial charge in [-0.15, -0.1) is 4.28 Å². The molecule has 2 saturated heterocycles. The van der Waals surface area contributed by atoms with Crippen LogP contribution in [0.3, 0.4) is 0 Å². The second-order valence-electron chi connectivity index (χ2n) is 5.65. The zero-order valence-corrected chi connectivity index (χ0v) is 13.4. The fraction of sp³-hybridized carbons (Fsp3) is 0.800. The van der Waals surface area contributed by atoms with Crippen LogP contribution in [0.5, 0.6) is 0 Å². The summed E-state index contributed by atoms with van der Waals surface area (Å²) in [6, 6.07) is -1.55. The summed E-state index contributed by atoms with van der Waals surface area (Å²) in [7, 11) is -8.71. The Morgan fingerprint density at radius 2 is 1.83 bits per heavy atom. The molecular formula is C10H15N3O8S2. The largest absolute Gasteiger partial charge is 0.418 e. The Morgan fingerprint density at radius 1 is 1.17 bits per heavy atom. The molecule has 2 heterocycles. The van der Waals surface area contributed by atoms with Gasteiger partial charge in [0.1, 0.15) is 6.17 Å². The molecule has 3 amide bonds. The molecule has 0 aromatic carbocycles. The van der Waals surface area contributed by atoms with Crippen LogP contribution in [0.4, 0.5) is 4.79 Å². The highest BCUT2D eigenvalue weighted by Crippen LogP contribution is 2.36. The van der Waals surface area contributed by atoms with Gasteiger partial charge in [-0.3, -0.25) is 14.2 Å². The minimum absolute atomic E-state index is 0.00352. The van der Waals surface area contributed by atoms with Gasteiger partial charge in [-0.25, -0.2) is 17.5 Å². The molecule has 3 fully saturated rings. The Labute approximate surface area is 132 Å². The molecule has 0 radical (unpaired) electrons. The van der Waals surface area contributed by atoms with Crippen molar-refractivity contribution in [3.63, 3.8) is 0 Å². The van der Waals surface area contributed by atoms with E-state index in [1.54, 1.807) is 0 Å². The van der Waals surface area contributed by atoms with Crippen LogP contribution in [-0.4, -0.2) is 72.1 Å². The van der Waals surface area contributed by atoms with Crippen molar-refractivity contribution in [2.24, 2.45) is 0 Å². The zero-order chi connectivity index (χ0) is 17.0. The summed E-state index contributed by atoms with van der Waals surface area (Å²) in [4.78, 5) is 24.6. The monoisotopic (exact) mass is 369 g/mol. The predicted molar refractivity (Wildman–Crippen MR) is 73.2 cm³/mol. The number of nitrogens with zero attached hydrogens (tertiary/aromatic N) is 3. The van der Waals surface area contributed by atoms with Gasteiger partial charge in [0, 0.05) is 6.54 Å². The molecule has 23 heavy (non-hydrogen) atoms. The van der Waals surface area contributed by atoms with Gasteiger partial charge in [-0.1, -0.05) is 0 Å². The molecule has 1 N–H and O–H groups in total. The van der Waals surface area contributed by atoms with E-state index in [1.165, 1.54) is 0 Å². The minimum atomic E-state index is -4.88. The molecule has 13 heteroatoms. The number of sulfonamides is 1. The standard InChI is InChI=1S/C10H15N3O8S2/c14-6-12(22(16,17)8-2-3-8)9-4-1-7-5-11(9)10(15)13(7)21-23(18,19)20/h6-9H,1-5H2,(H,18,19,20)/t7-,9+/m1/s1. The van der Waals surface area contributed by atoms with Crippen LogP contribution in [0.15, 0.2) is 0 Å². The number of hydrogen-bond donors (Lipinski definition) is 1. The van der Waals surface area contributed by atoms with Crippen molar-refractivity contribution < 1.29 is 35.3 Å². The fourth-order valence-electron chi connectivity index (χ4n) is 2.91. The first-order valence-corrected chi connectivity index (χ1v) is 9.76. The van der Waals surface area contributed by atoms with Crippen molar-refractivity contribution in [2.75, 3.05) is 6.54 Å². The smallest absolute Gasteiger partial charge is 0.299 e.